The summed E-state index contributed by atoms with van der Waals surface area (Å²) in [5.74, 6) is 0.245. The van der Waals surface area contributed by atoms with Crippen molar-refractivity contribution in [1.29, 1.82) is 0 Å². The summed E-state index contributed by atoms with van der Waals surface area (Å²) < 4.78 is 5.40. The Bertz CT molecular complexity index is 748. The normalized spacial score (nSPS) is 25.6. The lowest BCUT2D eigenvalue weighted by Crippen LogP contribution is -2.42. The number of nitrogens with zero attached hydrogens (tertiary/aromatic N) is 2. The summed E-state index contributed by atoms with van der Waals surface area (Å²) >= 11 is 0. The van der Waals surface area contributed by atoms with E-state index in [2.05, 4.69) is 5.32 Å². The zero-order chi connectivity index (χ0) is 17.6. The van der Waals surface area contributed by atoms with Crippen LogP contribution in [0.1, 0.15) is 29.6 Å². The SMILES string of the molecule is CN1C(=O)[C@@H]2CCC[C@H]1CN(C(=O)c1ccc3c(c1)OCC(=O)N3)C2. The van der Waals surface area contributed by atoms with Gasteiger partial charge in [0.1, 0.15) is 5.75 Å². The highest BCUT2D eigenvalue weighted by Crippen LogP contribution is 2.31. The number of ether oxygens (including phenoxy) is 1. The van der Waals surface area contributed by atoms with E-state index in [0.29, 0.717) is 30.1 Å². The zero-order valence-electron chi connectivity index (χ0n) is 14.2. The first kappa shape index (κ1) is 15.9. The lowest BCUT2D eigenvalue weighted by molar-refractivity contribution is -0.134. The highest BCUT2D eigenvalue weighted by molar-refractivity contribution is 5.99. The predicted octanol–water partition coefficient (Wildman–Crippen LogP) is 1.10. The van der Waals surface area contributed by atoms with Gasteiger partial charge in [-0.15, -0.1) is 0 Å². The first-order chi connectivity index (χ1) is 12.0. The third-order valence-electron chi connectivity index (χ3n) is 5.36. The maximum atomic E-state index is 13.0. The molecule has 7 nitrogen and oxygen atoms in total. The van der Waals surface area contributed by atoms with Crippen molar-refractivity contribution >= 4 is 23.4 Å². The van der Waals surface area contributed by atoms with Crippen LogP contribution in [-0.2, 0) is 9.59 Å². The molecule has 0 spiro atoms. The average molecular weight is 343 g/mol. The number of hydrogen-bond donors (Lipinski definition) is 1. The van der Waals surface area contributed by atoms with Gasteiger partial charge in [0.05, 0.1) is 11.6 Å². The molecule has 1 N–H and O–H groups in total. The Balaban J connectivity index is 1.59. The van der Waals surface area contributed by atoms with Gasteiger partial charge in [-0.05, 0) is 31.0 Å². The van der Waals surface area contributed by atoms with Gasteiger partial charge in [-0.1, -0.05) is 6.42 Å². The number of likely N-dealkylation sites (N-methyl/N-ethyl adjacent to an activating group) is 1. The lowest BCUT2D eigenvalue weighted by atomic mass is 9.98. The number of amides is 3. The Morgan fingerprint density at radius 1 is 1.24 bits per heavy atom. The van der Waals surface area contributed by atoms with Crippen LogP contribution in [0.25, 0.3) is 0 Å². The topological polar surface area (TPSA) is 79.0 Å². The molecule has 0 saturated carbocycles. The van der Waals surface area contributed by atoms with Crippen LogP contribution >= 0.6 is 0 Å². The van der Waals surface area contributed by atoms with Crippen LogP contribution in [0.3, 0.4) is 0 Å². The number of hydrogen-bond acceptors (Lipinski definition) is 4. The molecule has 0 aromatic heterocycles. The summed E-state index contributed by atoms with van der Waals surface area (Å²) in [5.41, 5.74) is 1.10. The fourth-order valence-corrected chi connectivity index (χ4v) is 3.92. The Kier molecular flexibility index (Phi) is 3.86. The molecule has 2 fully saturated rings. The maximum Gasteiger partial charge on any atom is 0.262 e. The van der Waals surface area contributed by atoms with Crippen molar-refractivity contribution in [3.05, 3.63) is 23.8 Å². The number of carbonyl (C=O) groups is 3. The molecule has 0 aliphatic carbocycles. The number of benzene rings is 1. The van der Waals surface area contributed by atoms with Gasteiger partial charge in [-0.2, -0.15) is 0 Å². The fraction of sp³-hybridized carbons (Fsp3) is 0.500. The van der Waals surface area contributed by atoms with Crippen molar-refractivity contribution < 1.29 is 19.1 Å². The lowest BCUT2D eigenvalue weighted by Gasteiger charge is -2.29. The molecule has 1 aromatic carbocycles. The van der Waals surface area contributed by atoms with E-state index in [0.717, 1.165) is 19.3 Å². The summed E-state index contributed by atoms with van der Waals surface area (Å²) in [6.07, 6.45) is 2.80. The molecule has 132 valence electrons. The summed E-state index contributed by atoms with van der Waals surface area (Å²) in [4.78, 5) is 40.4. The third kappa shape index (κ3) is 2.83. The van der Waals surface area contributed by atoms with Crippen molar-refractivity contribution in [1.82, 2.24) is 9.80 Å². The van der Waals surface area contributed by atoms with Crippen LogP contribution in [0.5, 0.6) is 5.75 Å². The minimum atomic E-state index is -0.200. The van der Waals surface area contributed by atoms with Crippen LogP contribution in [0, 0.1) is 5.92 Å². The quantitative estimate of drug-likeness (QED) is 0.828. The van der Waals surface area contributed by atoms with Crippen molar-refractivity contribution in [2.45, 2.75) is 25.3 Å². The standard InChI is InChI=1S/C18H21N3O4/c1-20-13-4-2-3-12(17(20)23)8-21(9-13)18(24)11-5-6-14-15(7-11)25-10-16(22)19-14/h5-7,12-13H,2-4,8-10H2,1H3,(H,19,22)/t12-,13+/m1/s1. The number of carbonyl (C=O) groups excluding carboxylic acids is 3. The molecular weight excluding hydrogens is 322 g/mol. The van der Waals surface area contributed by atoms with Crippen LogP contribution in [0.15, 0.2) is 18.2 Å². The molecular formula is C18H21N3O4. The van der Waals surface area contributed by atoms with Gasteiger partial charge in [0.25, 0.3) is 11.8 Å². The molecule has 25 heavy (non-hydrogen) atoms. The number of fused-ring (bicyclic) bond motifs is 4. The van der Waals surface area contributed by atoms with Gasteiger partial charge >= 0.3 is 0 Å². The molecule has 1 aromatic rings. The molecule has 2 bridgehead atoms. The fourth-order valence-electron chi connectivity index (χ4n) is 3.92. The highest BCUT2D eigenvalue weighted by Gasteiger charge is 2.38. The zero-order valence-corrected chi connectivity index (χ0v) is 14.2. The van der Waals surface area contributed by atoms with Gasteiger partial charge in [-0.3, -0.25) is 14.4 Å². The van der Waals surface area contributed by atoms with Gasteiger partial charge in [0.2, 0.25) is 5.91 Å². The van der Waals surface area contributed by atoms with Crippen molar-refractivity contribution in [3.63, 3.8) is 0 Å². The van der Waals surface area contributed by atoms with E-state index in [1.54, 1.807) is 23.1 Å². The molecule has 4 rings (SSSR count). The van der Waals surface area contributed by atoms with Crippen LogP contribution in [0.4, 0.5) is 5.69 Å². The summed E-state index contributed by atoms with van der Waals surface area (Å²) in [6.45, 7) is 0.983. The first-order valence-corrected chi connectivity index (χ1v) is 8.65. The summed E-state index contributed by atoms with van der Waals surface area (Å²) in [7, 11) is 1.84. The van der Waals surface area contributed by atoms with E-state index in [9.17, 15) is 14.4 Å². The van der Waals surface area contributed by atoms with Gasteiger partial charge < -0.3 is 19.9 Å². The summed E-state index contributed by atoms with van der Waals surface area (Å²) in [5, 5.41) is 2.72. The molecule has 0 unspecified atom stereocenters. The molecule has 3 aliphatic rings. The first-order valence-electron chi connectivity index (χ1n) is 8.65. The average Bonchev–Trinajstić information content (AvgIpc) is 2.79. The molecule has 3 amide bonds. The highest BCUT2D eigenvalue weighted by atomic mass is 16.5. The Labute approximate surface area is 145 Å². The number of likely N-dealkylation sites (tertiary alicyclic amines) is 1. The predicted molar refractivity (Wildman–Crippen MR) is 90.4 cm³/mol. The second-order valence-corrected chi connectivity index (χ2v) is 6.99. The molecule has 3 heterocycles. The van der Waals surface area contributed by atoms with E-state index < -0.39 is 0 Å². The minimum Gasteiger partial charge on any atom is -0.482 e. The molecule has 7 heteroatoms. The van der Waals surface area contributed by atoms with E-state index in [1.807, 2.05) is 11.9 Å². The number of anilines is 1. The summed E-state index contributed by atoms with van der Waals surface area (Å²) in [6, 6.07) is 5.14. The van der Waals surface area contributed by atoms with Gasteiger partial charge in [-0.25, -0.2) is 0 Å². The number of rotatable bonds is 1. The van der Waals surface area contributed by atoms with Crippen LogP contribution < -0.4 is 10.1 Å². The van der Waals surface area contributed by atoms with Crippen molar-refractivity contribution in [3.8, 4) is 5.75 Å². The smallest absolute Gasteiger partial charge is 0.262 e. The van der Waals surface area contributed by atoms with E-state index in [4.69, 9.17) is 4.74 Å². The second-order valence-electron chi connectivity index (χ2n) is 6.99. The monoisotopic (exact) mass is 343 g/mol. The van der Waals surface area contributed by atoms with Crippen molar-refractivity contribution in [2.24, 2.45) is 5.92 Å². The van der Waals surface area contributed by atoms with E-state index in [1.165, 1.54) is 0 Å². The van der Waals surface area contributed by atoms with Crippen LogP contribution in [0.2, 0.25) is 0 Å². The maximum absolute atomic E-state index is 13.0. The van der Waals surface area contributed by atoms with E-state index >= 15 is 0 Å². The third-order valence-corrected chi connectivity index (χ3v) is 5.36. The minimum absolute atomic E-state index is 0.0438. The van der Waals surface area contributed by atoms with Gasteiger partial charge in [0.15, 0.2) is 6.61 Å². The van der Waals surface area contributed by atoms with Gasteiger partial charge in [0, 0.05) is 31.7 Å². The largest absolute Gasteiger partial charge is 0.482 e. The van der Waals surface area contributed by atoms with Crippen molar-refractivity contribution in [2.75, 3.05) is 32.1 Å². The number of nitrogens with one attached hydrogen (secondary N) is 1. The second kappa shape index (κ2) is 6.06. The van der Waals surface area contributed by atoms with E-state index in [-0.39, 0.29) is 36.3 Å². The Morgan fingerprint density at radius 2 is 2.08 bits per heavy atom. The Hall–Kier alpha value is -2.57. The Morgan fingerprint density at radius 3 is 2.92 bits per heavy atom. The molecule has 3 aliphatic heterocycles. The molecule has 0 radical (unpaired) electrons. The molecule has 2 atom stereocenters. The van der Waals surface area contributed by atoms with Crippen LogP contribution in [-0.4, -0.2) is 60.3 Å². The molecule has 2 saturated heterocycles.